The minimum atomic E-state index is -0.00517. The van der Waals surface area contributed by atoms with E-state index in [0.717, 1.165) is 25.8 Å². The van der Waals surface area contributed by atoms with Gasteiger partial charge < -0.3 is 10.1 Å². The first kappa shape index (κ1) is 14.8. The van der Waals surface area contributed by atoms with Crippen LogP contribution < -0.4 is 5.32 Å². The molecule has 2 saturated carbocycles. The molecule has 3 heteroatoms. The Labute approximate surface area is 127 Å². The molecule has 3 rings (SSSR count). The van der Waals surface area contributed by atoms with Crippen molar-refractivity contribution in [1.29, 1.82) is 0 Å². The second-order valence-corrected chi connectivity index (χ2v) is 7.35. The fourth-order valence-corrected chi connectivity index (χ4v) is 4.83. The number of fused-ring (bicyclic) bond motifs is 2. The highest BCUT2D eigenvalue weighted by molar-refractivity contribution is 5.75. The molecule has 0 bridgehead atoms. The van der Waals surface area contributed by atoms with Crippen LogP contribution in [0.5, 0.6) is 0 Å². The molecule has 1 heterocycles. The van der Waals surface area contributed by atoms with E-state index in [-0.39, 0.29) is 18.0 Å². The zero-order chi connectivity index (χ0) is 15.0. The monoisotopic (exact) mass is 289 g/mol. The van der Waals surface area contributed by atoms with E-state index in [2.05, 4.69) is 25.4 Å². The summed E-state index contributed by atoms with van der Waals surface area (Å²) in [7, 11) is 0. The average molecular weight is 289 g/mol. The van der Waals surface area contributed by atoms with Crippen molar-refractivity contribution >= 4 is 5.97 Å². The van der Waals surface area contributed by atoms with Crippen molar-refractivity contribution < 1.29 is 9.53 Å². The molecule has 3 nitrogen and oxygen atoms in total. The lowest BCUT2D eigenvalue weighted by Crippen LogP contribution is -2.45. The van der Waals surface area contributed by atoms with E-state index in [4.69, 9.17) is 4.74 Å². The van der Waals surface area contributed by atoms with E-state index in [0.29, 0.717) is 23.8 Å². The van der Waals surface area contributed by atoms with Gasteiger partial charge in [0.1, 0.15) is 6.10 Å². The fourth-order valence-electron chi connectivity index (χ4n) is 4.83. The van der Waals surface area contributed by atoms with Gasteiger partial charge >= 0.3 is 5.97 Å². The molecular formula is C18H27NO2. The van der Waals surface area contributed by atoms with Crippen LogP contribution in [-0.4, -0.2) is 25.2 Å². The van der Waals surface area contributed by atoms with E-state index in [1.807, 2.05) is 6.08 Å². The Kier molecular flexibility index (Phi) is 3.96. The minimum Gasteiger partial charge on any atom is -0.462 e. The van der Waals surface area contributed by atoms with Crippen LogP contribution in [0, 0.1) is 23.2 Å². The SMILES string of the molecule is C=CCNCC1C(=O)OC2CC3(C)CCCC(=C)C3CC21. The fraction of sp³-hybridized carbons (Fsp3) is 0.722. The summed E-state index contributed by atoms with van der Waals surface area (Å²) >= 11 is 0. The number of carbonyl (C=O) groups excluding carboxylic acids is 1. The third kappa shape index (κ3) is 2.57. The van der Waals surface area contributed by atoms with Gasteiger partial charge in [-0.05, 0) is 43.4 Å². The number of rotatable bonds is 4. The van der Waals surface area contributed by atoms with E-state index in [9.17, 15) is 4.79 Å². The molecule has 1 N–H and O–H groups in total. The van der Waals surface area contributed by atoms with E-state index in [1.54, 1.807) is 0 Å². The molecule has 3 fully saturated rings. The highest BCUT2D eigenvalue weighted by Crippen LogP contribution is 2.56. The number of nitrogens with one attached hydrogen (secondary N) is 1. The zero-order valence-electron chi connectivity index (χ0n) is 13.1. The molecule has 0 amide bonds. The maximum atomic E-state index is 12.2. The number of hydrogen-bond acceptors (Lipinski definition) is 3. The molecular weight excluding hydrogens is 262 g/mol. The van der Waals surface area contributed by atoms with Crippen LogP contribution in [0.2, 0.25) is 0 Å². The largest absolute Gasteiger partial charge is 0.462 e. The number of allylic oxidation sites excluding steroid dienone is 1. The summed E-state index contributed by atoms with van der Waals surface area (Å²) in [6, 6.07) is 0. The van der Waals surface area contributed by atoms with Crippen molar-refractivity contribution in [2.75, 3.05) is 13.1 Å². The van der Waals surface area contributed by atoms with Gasteiger partial charge in [0, 0.05) is 19.0 Å². The Hall–Kier alpha value is -1.09. The summed E-state index contributed by atoms with van der Waals surface area (Å²) in [5.41, 5.74) is 1.69. The second-order valence-electron chi connectivity index (χ2n) is 7.35. The molecule has 0 aromatic heterocycles. The van der Waals surface area contributed by atoms with Crippen LogP contribution >= 0.6 is 0 Å². The smallest absolute Gasteiger partial charge is 0.310 e. The third-order valence-electron chi connectivity index (χ3n) is 5.97. The number of esters is 1. The molecule has 0 spiro atoms. The number of carbonyl (C=O) groups is 1. The van der Waals surface area contributed by atoms with Crippen LogP contribution in [0.15, 0.2) is 24.8 Å². The van der Waals surface area contributed by atoms with E-state index in [1.165, 1.54) is 18.4 Å². The first-order chi connectivity index (χ1) is 10.0. The van der Waals surface area contributed by atoms with Crippen LogP contribution in [0.4, 0.5) is 0 Å². The quantitative estimate of drug-likeness (QED) is 0.491. The Morgan fingerprint density at radius 3 is 3.10 bits per heavy atom. The number of hydrogen-bond donors (Lipinski definition) is 1. The van der Waals surface area contributed by atoms with Crippen LogP contribution in [0.3, 0.4) is 0 Å². The van der Waals surface area contributed by atoms with Gasteiger partial charge in [0.05, 0.1) is 5.92 Å². The summed E-state index contributed by atoms with van der Waals surface area (Å²) in [6.07, 6.45) is 7.69. The topological polar surface area (TPSA) is 38.3 Å². The van der Waals surface area contributed by atoms with Gasteiger partial charge in [-0.15, -0.1) is 6.58 Å². The molecule has 0 aromatic rings. The van der Waals surface area contributed by atoms with Crippen molar-refractivity contribution in [2.45, 2.75) is 45.1 Å². The first-order valence-corrected chi connectivity index (χ1v) is 8.25. The summed E-state index contributed by atoms with van der Waals surface area (Å²) in [5.74, 6) is 0.940. The van der Waals surface area contributed by atoms with Gasteiger partial charge in [-0.25, -0.2) is 0 Å². The molecule has 2 aliphatic carbocycles. The summed E-state index contributed by atoms with van der Waals surface area (Å²) in [6.45, 7) is 11.9. The normalized spacial score (nSPS) is 42.1. The Balaban J connectivity index is 1.75. The van der Waals surface area contributed by atoms with Gasteiger partial charge in [-0.1, -0.05) is 25.2 Å². The lowest BCUT2D eigenvalue weighted by atomic mass is 9.55. The molecule has 1 saturated heterocycles. The third-order valence-corrected chi connectivity index (χ3v) is 5.97. The van der Waals surface area contributed by atoms with Crippen molar-refractivity contribution in [1.82, 2.24) is 5.32 Å². The minimum absolute atomic E-state index is 0.00517. The maximum absolute atomic E-state index is 12.2. The Bertz CT molecular complexity index is 458. The molecule has 116 valence electrons. The van der Waals surface area contributed by atoms with Crippen LogP contribution in [0.1, 0.15) is 39.0 Å². The molecule has 0 aromatic carbocycles. The number of ether oxygens (including phenoxy) is 1. The lowest BCUT2D eigenvalue weighted by molar-refractivity contribution is -0.146. The Morgan fingerprint density at radius 2 is 2.33 bits per heavy atom. The van der Waals surface area contributed by atoms with Gasteiger partial charge in [-0.3, -0.25) is 4.79 Å². The highest BCUT2D eigenvalue weighted by atomic mass is 16.6. The summed E-state index contributed by atoms with van der Waals surface area (Å²) in [5, 5.41) is 3.29. The summed E-state index contributed by atoms with van der Waals surface area (Å²) < 4.78 is 5.72. The molecule has 5 unspecified atom stereocenters. The predicted molar refractivity (Wildman–Crippen MR) is 83.7 cm³/mol. The first-order valence-electron chi connectivity index (χ1n) is 8.25. The second kappa shape index (κ2) is 5.60. The van der Waals surface area contributed by atoms with E-state index >= 15 is 0 Å². The molecule has 21 heavy (non-hydrogen) atoms. The van der Waals surface area contributed by atoms with Crippen LogP contribution in [0.25, 0.3) is 0 Å². The summed E-state index contributed by atoms with van der Waals surface area (Å²) in [4.78, 5) is 12.2. The van der Waals surface area contributed by atoms with Gasteiger partial charge in [-0.2, -0.15) is 0 Å². The van der Waals surface area contributed by atoms with Gasteiger partial charge in [0.25, 0.3) is 0 Å². The average Bonchev–Trinajstić information content (AvgIpc) is 2.72. The molecule has 3 aliphatic rings. The highest BCUT2D eigenvalue weighted by Gasteiger charge is 2.54. The van der Waals surface area contributed by atoms with Crippen molar-refractivity contribution in [3.05, 3.63) is 24.8 Å². The Morgan fingerprint density at radius 1 is 1.52 bits per heavy atom. The van der Waals surface area contributed by atoms with Crippen LogP contribution in [-0.2, 0) is 9.53 Å². The van der Waals surface area contributed by atoms with Crippen molar-refractivity contribution in [3.8, 4) is 0 Å². The molecule has 0 radical (unpaired) electrons. The van der Waals surface area contributed by atoms with Gasteiger partial charge in [0.2, 0.25) is 0 Å². The molecule has 1 aliphatic heterocycles. The standard InChI is InChI=1S/C18H27NO2/c1-4-8-19-11-14-13-9-15-12(2)6-5-7-18(15,3)10-16(13)21-17(14)20/h4,13-16,19H,1-2,5-11H2,3H3. The lowest BCUT2D eigenvalue weighted by Gasteiger charge is -2.50. The van der Waals surface area contributed by atoms with E-state index < -0.39 is 0 Å². The zero-order valence-corrected chi connectivity index (χ0v) is 13.1. The van der Waals surface area contributed by atoms with Gasteiger partial charge in [0.15, 0.2) is 0 Å². The predicted octanol–water partition coefficient (Wildman–Crippen LogP) is 3.08. The van der Waals surface area contributed by atoms with Crippen molar-refractivity contribution in [2.24, 2.45) is 23.2 Å². The van der Waals surface area contributed by atoms with Crippen molar-refractivity contribution in [3.63, 3.8) is 0 Å². The maximum Gasteiger partial charge on any atom is 0.310 e. The molecule has 5 atom stereocenters.